The number of nitrogens with zero attached hydrogens (tertiary/aromatic N) is 4. The third-order valence-electron chi connectivity index (χ3n) is 7.52. The summed E-state index contributed by atoms with van der Waals surface area (Å²) in [5, 5.41) is 0. The van der Waals surface area contributed by atoms with Gasteiger partial charge >= 0.3 is 0 Å². The summed E-state index contributed by atoms with van der Waals surface area (Å²) in [4.78, 5) is 20.0. The first-order chi connectivity index (χ1) is 22.0. The van der Waals surface area contributed by atoms with Crippen LogP contribution in [0.1, 0.15) is 23.9 Å². The van der Waals surface area contributed by atoms with Gasteiger partial charge in [-0.15, -0.1) is 0 Å². The number of rotatable bonds is 8. The van der Waals surface area contributed by atoms with Crippen LogP contribution < -0.4 is 0 Å². The summed E-state index contributed by atoms with van der Waals surface area (Å²) >= 11 is 0. The van der Waals surface area contributed by atoms with Crippen molar-refractivity contribution in [2.75, 3.05) is 0 Å². The van der Waals surface area contributed by atoms with Crippen LogP contribution in [0.25, 0.3) is 62.0 Å². The van der Waals surface area contributed by atoms with Crippen molar-refractivity contribution in [1.82, 2.24) is 19.9 Å². The molecule has 0 fully saturated rings. The molecule has 218 valence electrons. The minimum atomic E-state index is 0.607. The maximum absolute atomic E-state index is 5.21. The van der Waals surface area contributed by atoms with Gasteiger partial charge in [-0.25, -0.2) is 15.0 Å². The van der Waals surface area contributed by atoms with Crippen LogP contribution in [0.3, 0.4) is 0 Å². The molecule has 0 saturated heterocycles. The second kappa shape index (κ2) is 13.3. The van der Waals surface area contributed by atoms with E-state index in [1.54, 1.807) is 0 Å². The van der Waals surface area contributed by atoms with Crippen molar-refractivity contribution < 1.29 is 0 Å². The molecule has 4 heteroatoms. The lowest BCUT2D eigenvalue weighted by Crippen LogP contribution is -2.03. The van der Waals surface area contributed by atoms with Gasteiger partial charge < -0.3 is 0 Å². The van der Waals surface area contributed by atoms with Crippen molar-refractivity contribution in [3.05, 3.63) is 163 Å². The lowest BCUT2D eigenvalue weighted by atomic mass is 9.87. The van der Waals surface area contributed by atoms with Crippen molar-refractivity contribution in [2.24, 2.45) is 0 Å². The molecule has 0 saturated carbocycles. The summed E-state index contributed by atoms with van der Waals surface area (Å²) < 4.78 is 0. The number of aromatic nitrogens is 4. The molecule has 0 aliphatic heterocycles. The third-order valence-corrected chi connectivity index (χ3v) is 7.52. The first kappa shape index (κ1) is 29.3. The quantitative estimate of drug-likeness (QED) is 0.168. The van der Waals surface area contributed by atoms with Crippen LogP contribution in [-0.4, -0.2) is 19.9 Å². The molecule has 2 heterocycles. The normalized spacial score (nSPS) is 11.6. The van der Waals surface area contributed by atoms with Crippen molar-refractivity contribution >= 4 is 5.57 Å². The van der Waals surface area contributed by atoms with Crippen molar-refractivity contribution in [3.8, 4) is 56.4 Å². The second-order valence-electron chi connectivity index (χ2n) is 10.8. The molecule has 0 aliphatic rings. The van der Waals surface area contributed by atoms with Crippen LogP contribution in [0.15, 0.2) is 146 Å². The molecular weight excluding hydrogens is 548 g/mol. The average molecular weight is 583 g/mol. The summed E-state index contributed by atoms with van der Waals surface area (Å²) in [6.07, 6.45) is 8.04. The van der Waals surface area contributed by atoms with Gasteiger partial charge in [-0.2, -0.15) is 0 Å². The predicted molar refractivity (Wildman–Crippen MR) is 187 cm³/mol. The van der Waals surface area contributed by atoms with Crippen molar-refractivity contribution in [1.29, 1.82) is 0 Å². The highest BCUT2D eigenvalue weighted by atomic mass is 15.0. The average Bonchev–Trinajstić information content (AvgIpc) is 3.08. The van der Waals surface area contributed by atoms with Gasteiger partial charge in [0.2, 0.25) is 0 Å². The summed E-state index contributed by atoms with van der Waals surface area (Å²) in [6.45, 7) is 10.0. The molecule has 0 radical (unpaired) electrons. The van der Waals surface area contributed by atoms with Crippen LogP contribution in [0.2, 0.25) is 0 Å². The smallest absolute Gasteiger partial charge is 0.165 e. The largest absolute Gasteiger partial charge is 0.258 e. The number of allylic oxidation sites excluding steroid dienone is 5. The summed E-state index contributed by atoms with van der Waals surface area (Å²) in [7, 11) is 0. The summed E-state index contributed by atoms with van der Waals surface area (Å²) in [6, 6.07) is 39.5. The first-order valence-electron chi connectivity index (χ1n) is 15.1. The summed E-state index contributed by atoms with van der Waals surface area (Å²) in [5.41, 5.74) is 11.0. The van der Waals surface area contributed by atoms with Gasteiger partial charge in [0.1, 0.15) is 0 Å². The molecule has 0 bridgehead atoms. The molecule has 6 aromatic rings. The van der Waals surface area contributed by atoms with Crippen LogP contribution in [0, 0.1) is 13.8 Å². The Hall–Kier alpha value is -5.74. The fourth-order valence-electron chi connectivity index (χ4n) is 5.59. The van der Waals surface area contributed by atoms with Gasteiger partial charge in [0.15, 0.2) is 17.5 Å². The molecule has 4 aromatic carbocycles. The van der Waals surface area contributed by atoms with E-state index in [1.807, 2.05) is 87.5 Å². The first-order valence-corrected chi connectivity index (χ1v) is 15.1. The molecule has 0 aliphatic carbocycles. The number of benzene rings is 4. The van der Waals surface area contributed by atoms with Gasteiger partial charge in [0.25, 0.3) is 0 Å². The van der Waals surface area contributed by atoms with E-state index in [0.29, 0.717) is 17.5 Å². The molecule has 0 amide bonds. The SMILES string of the molecule is C=C/C=C(\C=C/C)c1cc(-c2ccccc2)c(-c2nc(-c3ccccc3)nc(-c3cc(C)nc(C)c3)n2)c(-c2ccccc2)c1. The van der Waals surface area contributed by atoms with Crippen LogP contribution in [-0.2, 0) is 0 Å². The van der Waals surface area contributed by atoms with E-state index < -0.39 is 0 Å². The Bertz CT molecular complexity index is 1950. The van der Waals surface area contributed by atoms with E-state index in [4.69, 9.17) is 15.0 Å². The minimum Gasteiger partial charge on any atom is -0.258 e. The minimum absolute atomic E-state index is 0.607. The molecule has 4 nitrogen and oxygen atoms in total. The Labute approximate surface area is 265 Å². The van der Waals surface area contributed by atoms with Gasteiger partial charge in [-0.3, -0.25) is 4.98 Å². The second-order valence-corrected chi connectivity index (χ2v) is 10.8. The molecule has 0 atom stereocenters. The van der Waals surface area contributed by atoms with E-state index in [0.717, 1.165) is 61.5 Å². The monoisotopic (exact) mass is 582 g/mol. The fraction of sp³-hybridized carbons (Fsp3) is 0.0732. The predicted octanol–water partition coefficient (Wildman–Crippen LogP) is 10.4. The Kier molecular flexibility index (Phi) is 8.65. The van der Waals surface area contributed by atoms with Gasteiger partial charge in [0, 0.05) is 28.1 Å². The number of aryl methyl sites for hydroxylation is 2. The van der Waals surface area contributed by atoms with Crippen LogP contribution >= 0.6 is 0 Å². The Morgan fingerprint density at radius 1 is 0.556 bits per heavy atom. The lowest BCUT2D eigenvalue weighted by Gasteiger charge is -2.19. The topological polar surface area (TPSA) is 51.6 Å². The highest BCUT2D eigenvalue weighted by molar-refractivity contribution is 5.96. The number of hydrogen-bond donors (Lipinski definition) is 0. The van der Waals surface area contributed by atoms with Gasteiger partial charge in [-0.1, -0.05) is 122 Å². The number of pyridine rings is 1. The molecule has 2 aromatic heterocycles. The van der Waals surface area contributed by atoms with Crippen LogP contribution in [0.4, 0.5) is 0 Å². The zero-order chi connectivity index (χ0) is 31.2. The van der Waals surface area contributed by atoms with Crippen molar-refractivity contribution in [2.45, 2.75) is 20.8 Å². The zero-order valence-corrected chi connectivity index (χ0v) is 25.8. The molecule has 6 rings (SSSR count). The van der Waals surface area contributed by atoms with Crippen molar-refractivity contribution in [3.63, 3.8) is 0 Å². The maximum Gasteiger partial charge on any atom is 0.165 e. The van der Waals surface area contributed by atoms with E-state index in [-0.39, 0.29) is 0 Å². The highest BCUT2D eigenvalue weighted by Gasteiger charge is 2.22. The van der Waals surface area contributed by atoms with Gasteiger partial charge in [-0.05, 0) is 78.4 Å². The molecule has 45 heavy (non-hydrogen) atoms. The third kappa shape index (κ3) is 6.46. The fourth-order valence-corrected chi connectivity index (χ4v) is 5.59. The Balaban J connectivity index is 1.74. The summed E-state index contributed by atoms with van der Waals surface area (Å²) in [5.74, 6) is 1.83. The van der Waals surface area contributed by atoms with E-state index in [1.165, 1.54) is 0 Å². The van der Waals surface area contributed by atoms with E-state index in [9.17, 15) is 0 Å². The Morgan fingerprint density at radius 2 is 1.02 bits per heavy atom. The van der Waals surface area contributed by atoms with E-state index in [2.05, 4.69) is 84.4 Å². The standard InChI is InChI=1S/C41H34N4/c1-5-16-30(17-6-2)34-26-36(31-18-10-7-11-19-31)38(37(27-34)32-20-12-8-13-21-32)41-44-39(33-22-14-9-15-23-33)43-40(45-41)35-24-28(3)42-29(4)25-35/h5-27H,1H2,2-4H3/b17-6-,30-16+. The molecular formula is C41H34N4. The maximum atomic E-state index is 5.21. The highest BCUT2D eigenvalue weighted by Crippen LogP contribution is 2.42. The lowest BCUT2D eigenvalue weighted by molar-refractivity contribution is 1.06. The molecule has 0 unspecified atom stereocenters. The molecule has 0 N–H and O–H groups in total. The molecule has 0 spiro atoms. The van der Waals surface area contributed by atoms with Crippen LogP contribution in [0.5, 0.6) is 0 Å². The zero-order valence-electron chi connectivity index (χ0n) is 25.8. The van der Waals surface area contributed by atoms with E-state index >= 15 is 0 Å². The van der Waals surface area contributed by atoms with Gasteiger partial charge in [0.05, 0.1) is 0 Å². The number of hydrogen-bond acceptors (Lipinski definition) is 4. The Morgan fingerprint density at radius 3 is 1.51 bits per heavy atom.